The Kier molecular flexibility index (Phi) is 5.89. The monoisotopic (exact) mass is 510 g/mol. The zero-order valence-electron chi connectivity index (χ0n) is 18.4. The van der Waals surface area contributed by atoms with Crippen molar-refractivity contribution in [2.75, 3.05) is 0 Å². The molecule has 4 heteroatoms. The van der Waals surface area contributed by atoms with E-state index < -0.39 is 14.0 Å². The minimum atomic E-state index is -3.08. The molecule has 2 atom stereocenters. The summed E-state index contributed by atoms with van der Waals surface area (Å²) < 4.78 is 1.09. The van der Waals surface area contributed by atoms with Crippen molar-refractivity contribution in [3.8, 4) is 0 Å². The molecule has 0 spiro atoms. The molecule has 0 nitrogen and oxygen atoms in total. The van der Waals surface area contributed by atoms with E-state index in [2.05, 4.69) is 115 Å². The Labute approximate surface area is 205 Å². The molecule has 0 bridgehead atoms. The van der Waals surface area contributed by atoms with Crippen LogP contribution in [0.5, 0.6) is 0 Å². The Bertz CT molecular complexity index is 1390. The topological polar surface area (TPSA) is 0 Å². The Morgan fingerprint density at radius 2 is 1.00 bits per heavy atom. The van der Waals surface area contributed by atoms with E-state index in [0.29, 0.717) is 8.45 Å². The van der Waals surface area contributed by atoms with Gasteiger partial charge in [0.2, 0.25) is 0 Å². The number of benzene rings is 4. The summed E-state index contributed by atoms with van der Waals surface area (Å²) in [5.74, 6) is 0. The third-order valence-electron chi connectivity index (χ3n) is 7.61. The first-order valence-electron chi connectivity index (χ1n) is 10.9. The summed E-state index contributed by atoms with van der Waals surface area (Å²) in [5, 5.41) is 11.0. The molecule has 0 saturated heterocycles. The second-order valence-corrected chi connectivity index (χ2v) is 30.5. The van der Waals surface area contributed by atoms with E-state index >= 15 is 0 Å². The van der Waals surface area contributed by atoms with Gasteiger partial charge >= 0.3 is 181 Å². The van der Waals surface area contributed by atoms with E-state index in [9.17, 15) is 0 Å². The second-order valence-electron chi connectivity index (χ2n) is 10.2. The first kappa shape index (κ1) is 23.5. The molecule has 0 saturated carbocycles. The summed E-state index contributed by atoms with van der Waals surface area (Å²) in [6.45, 7) is 0. The molecule has 0 N–H and O–H groups in total. The summed E-state index contributed by atoms with van der Waals surface area (Å²) in [4.78, 5) is 0. The van der Waals surface area contributed by atoms with Crippen molar-refractivity contribution >= 4 is 66.1 Å². The first-order valence-corrected chi connectivity index (χ1v) is 19.8. The third-order valence-corrected chi connectivity index (χ3v) is 19.1. The zero-order chi connectivity index (χ0) is 20.5. The number of rotatable bonds is 2. The number of allylic oxidation sites excluding steroid dienone is 2. The Morgan fingerprint density at radius 3 is 1.44 bits per heavy atom. The molecule has 0 aliphatic heterocycles. The van der Waals surface area contributed by atoms with Crippen molar-refractivity contribution in [1.29, 1.82) is 0 Å². The summed E-state index contributed by atoms with van der Waals surface area (Å²) in [5.41, 5.74) is 5.99. The molecular weight excluding hydrogens is 483 g/mol. The maximum absolute atomic E-state index is 3.08. The van der Waals surface area contributed by atoms with Crippen molar-refractivity contribution in [3.05, 3.63) is 107 Å². The van der Waals surface area contributed by atoms with Gasteiger partial charge in [-0.15, -0.1) is 24.8 Å². The van der Waals surface area contributed by atoms with Crippen LogP contribution in [0.25, 0.3) is 33.7 Å². The van der Waals surface area contributed by atoms with Gasteiger partial charge in [0, 0.05) is 0 Å². The van der Waals surface area contributed by atoms with Crippen LogP contribution in [0.1, 0.15) is 30.7 Å². The van der Waals surface area contributed by atoms with Crippen LogP contribution in [-0.2, 0) is 14.0 Å². The van der Waals surface area contributed by atoms with Gasteiger partial charge in [-0.3, -0.25) is 0 Å². The van der Waals surface area contributed by atoms with Gasteiger partial charge < -0.3 is 0 Å². The van der Waals surface area contributed by atoms with E-state index in [1.807, 2.05) is 0 Å². The molecule has 0 fully saturated rings. The van der Waals surface area contributed by atoms with Crippen molar-refractivity contribution < 1.29 is 14.0 Å². The normalized spacial score (nSPS) is 18.8. The van der Waals surface area contributed by atoms with Crippen molar-refractivity contribution in [2.45, 2.75) is 18.9 Å². The molecular formula is C28H28Cl2SiTi. The fourth-order valence-electron chi connectivity index (χ4n) is 5.98. The molecule has 2 aliphatic rings. The Hall–Kier alpha value is -1.61. The zero-order valence-corrected chi connectivity index (χ0v) is 23.0. The van der Waals surface area contributed by atoms with Gasteiger partial charge in [-0.05, 0) is 0 Å². The van der Waals surface area contributed by atoms with Crippen molar-refractivity contribution in [1.82, 2.24) is 0 Å². The molecule has 32 heavy (non-hydrogen) atoms. The average molecular weight is 511 g/mol. The fourth-order valence-corrected chi connectivity index (χ4v) is 15.6. The van der Waals surface area contributed by atoms with E-state index in [4.69, 9.17) is 0 Å². The van der Waals surface area contributed by atoms with Crippen LogP contribution in [0.4, 0.5) is 0 Å². The van der Waals surface area contributed by atoms with E-state index in [0.717, 1.165) is 0 Å². The van der Waals surface area contributed by atoms with Crippen LogP contribution in [0.3, 0.4) is 0 Å². The van der Waals surface area contributed by atoms with Crippen LogP contribution in [0, 0.1) is 0 Å². The minimum absolute atomic E-state index is 0. The number of hydrogen-bond acceptors (Lipinski definition) is 0. The molecule has 4 aromatic rings. The van der Waals surface area contributed by atoms with E-state index in [1.54, 1.807) is 11.1 Å². The standard InChI is InChI=1S/2C13H9.2CH3.2ClH.H2Si.Ti/c2*1-2-6-12-10(4-1)8-9-11-5-3-7-13(11)12;;;;;;/h2*1-9H;2*1H3;2*1H;1H2;. The SMILES string of the molecule is Cl.Cl.[CH3][Ti]([CH3])(=[SiH2])([CH]1C=Cc2ccc3ccccc3c21)[CH]1C=Cc2ccc3ccccc3c21. The Balaban J connectivity index is 0.00000122. The summed E-state index contributed by atoms with van der Waals surface area (Å²) in [6.07, 6.45) is 9.86. The number of hydrogen-bond donors (Lipinski definition) is 0. The molecule has 4 aromatic carbocycles. The van der Waals surface area contributed by atoms with Gasteiger partial charge in [0.05, 0.1) is 0 Å². The van der Waals surface area contributed by atoms with E-state index in [-0.39, 0.29) is 24.8 Å². The van der Waals surface area contributed by atoms with Gasteiger partial charge in [0.1, 0.15) is 0 Å². The van der Waals surface area contributed by atoms with Crippen LogP contribution in [0.2, 0.25) is 10.5 Å². The predicted octanol–water partition coefficient (Wildman–Crippen LogP) is 8.01. The summed E-state index contributed by atoms with van der Waals surface area (Å²) >= 11 is -3.08. The molecule has 0 radical (unpaired) electrons. The Morgan fingerprint density at radius 1 is 0.594 bits per heavy atom. The maximum atomic E-state index is 2.67. The molecule has 2 aliphatic carbocycles. The van der Waals surface area contributed by atoms with Crippen molar-refractivity contribution in [3.63, 3.8) is 0 Å². The third kappa shape index (κ3) is 3.30. The predicted molar refractivity (Wildman–Crippen MR) is 146 cm³/mol. The van der Waals surface area contributed by atoms with Crippen LogP contribution in [-0.4, -0.2) is 7.63 Å². The van der Waals surface area contributed by atoms with E-state index in [1.165, 1.54) is 32.7 Å². The van der Waals surface area contributed by atoms with Crippen LogP contribution < -0.4 is 0 Å². The first-order chi connectivity index (χ1) is 14.4. The summed E-state index contributed by atoms with van der Waals surface area (Å²) in [6, 6.07) is 27.1. The van der Waals surface area contributed by atoms with Gasteiger partial charge in [-0.1, -0.05) is 0 Å². The molecule has 0 amide bonds. The van der Waals surface area contributed by atoms with Crippen LogP contribution >= 0.6 is 24.8 Å². The number of halogens is 2. The quantitative estimate of drug-likeness (QED) is 0.239. The van der Waals surface area contributed by atoms with Gasteiger partial charge in [0.25, 0.3) is 0 Å². The fraction of sp³-hybridized carbons (Fsp3) is 0.143. The second kappa shape index (κ2) is 8.01. The van der Waals surface area contributed by atoms with Gasteiger partial charge in [-0.25, -0.2) is 0 Å². The van der Waals surface area contributed by atoms with Crippen molar-refractivity contribution in [2.24, 2.45) is 0 Å². The molecule has 0 aromatic heterocycles. The summed E-state index contributed by atoms with van der Waals surface area (Å²) in [7, 11) is 2.38. The molecule has 0 heterocycles. The number of fused-ring (bicyclic) bond motifs is 6. The molecule has 162 valence electrons. The molecule has 2 unspecified atom stereocenters. The average Bonchev–Trinajstić information content (AvgIpc) is 3.39. The van der Waals surface area contributed by atoms with Crippen LogP contribution in [0.15, 0.2) is 84.9 Å². The molecule has 6 rings (SSSR count). The van der Waals surface area contributed by atoms with Gasteiger partial charge in [0.15, 0.2) is 0 Å². The van der Waals surface area contributed by atoms with Gasteiger partial charge in [-0.2, -0.15) is 0 Å².